The predicted octanol–water partition coefficient (Wildman–Crippen LogP) is 4.08. The summed E-state index contributed by atoms with van der Waals surface area (Å²) < 4.78 is 18.4. The third-order valence-electron chi connectivity index (χ3n) is 3.31. The Balaban J connectivity index is 1.48. The summed E-state index contributed by atoms with van der Waals surface area (Å²) in [5.74, 6) is 0. The van der Waals surface area contributed by atoms with Crippen molar-refractivity contribution in [3.63, 3.8) is 0 Å². The van der Waals surface area contributed by atoms with Crippen LogP contribution in [0.25, 0.3) is 0 Å². The van der Waals surface area contributed by atoms with Gasteiger partial charge in [0.05, 0.1) is 19.8 Å². The summed E-state index contributed by atoms with van der Waals surface area (Å²) in [6, 6.07) is 18.1. The Bertz CT molecular complexity index is 565. The number of hydrogen-bond acceptors (Lipinski definition) is 3. The first-order valence-corrected chi connectivity index (χ1v) is 7.75. The number of rotatable bonds is 4. The van der Waals surface area contributed by atoms with Crippen LogP contribution in [0.15, 0.2) is 59.1 Å². The van der Waals surface area contributed by atoms with E-state index in [1.807, 2.05) is 48.5 Å². The second-order valence-electron chi connectivity index (χ2n) is 4.97. The van der Waals surface area contributed by atoms with E-state index in [0.717, 1.165) is 15.6 Å². The van der Waals surface area contributed by atoms with Crippen LogP contribution in [0.3, 0.4) is 0 Å². The van der Waals surface area contributed by atoms with Crippen molar-refractivity contribution in [2.24, 2.45) is 0 Å². The van der Waals surface area contributed by atoms with Gasteiger partial charge in [-0.2, -0.15) is 0 Å². The van der Waals surface area contributed by atoms with Crippen molar-refractivity contribution >= 4 is 15.9 Å². The quantitative estimate of drug-likeness (QED) is 0.833. The third-order valence-corrected chi connectivity index (χ3v) is 3.81. The minimum Gasteiger partial charge on any atom is -0.369 e. The molecule has 0 aliphatic carbocycles. The van der Waals surface area contributed by atoms with Crippen molar-refractivity contribution in [1.29, 1.82) is 0 Å². The maximum Gasteiger partial charge on any atom is 0.184 e. The second kappa shape index (κ2) is 7.18. The highest BCUT2D eigenvalue weighted by atomic mass is 79.9. The Labute approximate surface area is 133 Å². The summed E-state index contributed by atoms with van der Waals surface area (Å²) in [6.07, 6.45) is -0.305. The Hall–Kier alpha value is -1.20. The molecule has 0 bridgehead atoms. The lowest BCUT2D eigenvalue weighted by Gasteiger charge is -2.29. The van der Waals surface area contributed by atoms with Gasteiger partial charge >= 0.3 is 0 Å². The lowest BCUT2D eigenvalue weighted by atomic mass is 10.2. The van der Waals surface area contributed by atoms with E-state index in [1.165, 1.54) is 0 Å². The van der Waals surface area contributed by atoms with E-state index in [0.29, 0.717) is 19.8 Å². The lowest BCUT2D eigenvalue weighted by molar-refractivity contribution is -0.232. The van der Waals surface area contributed by atoms with Crippen LogP contribution in [0, 0.1) is 0 Å². The summed E-state index contributed by atoms with van der Waals surface area (Å²) >= 11 is 3.46. The zero-order valence-electron chi connectivity index (χ0n) is 11.6. The highest BCUT2D eigenvalue weighted by molar-refractivity contribution is 9.10. The molecule has 0 unspecified atom stereocenters. The second-order valence-corrected chi connectivity index (χ2v) is 5.89. The molecule has 4 heteroatoms. The third kappa shape index (κ3) is 4.14. The van der Waals surface area contributed by atoms with Gasteiger partial charge < -0.3 is 14.2 Å². The molecule has 2 aromatic carbocycles. The molecular formula is C17H17BrO3. The number of hydrogen-bond donors (Lipinski definition) is 0. The summed E-state index contributed by atoms with van der Waals surface area (Å²) in [4.78, 5) is 0. The van der Waals surface area contributed by atoms with Crippen molar-refractivity contribution in [1.82, 2.24) is 0 Å². The van der Waals surface area contributed by atoms with Crippen LogP contribution in [0.5, 0.6) is 0 Å². The minimum atomic E-state index is -0.281. The van der Waals surface area contributed by atoms with E-state index >= 15 is 0 Å². The average molecular weight is 349 g/mol. The Kier molecular flexibility index (Phi) is 5.04. The van der Waals surface area contributed by atoms with Gasteiger partial charge in [0, 0.05) is 10.0 Å². The number of halogens is 1. The lowest BCUT2D eigenvalue weighted by Crippen LogP contribution is -2.33. The first-order valence-electron chi connectivity index (χ1n) is 6.95. The molecule has 1 fully saturated rings. The van der Waals surface area contributed by atoms with Gasteiger partial charge in [-0.1, -0.05) is 58.4 Å². The fourth-order valence-electron chi connectivity index (χ4n) is 2.23. The molecule has 1 aliphatic heterocycles. The van der Waals surface area contributed by atoms with Crippen LogP contribution in [-0.4, -0.2) is 19.3 Å². The van der Waals surface area contributed by atoms with Crippen LogP contribution < -0.4 is 0 Å². The average Bonchev–Trinajstić information content (AvgIpc) is 2.54. The van der Waals surface area contributed by atoms with Gasteiger partial charge in [-0.3, -0.25) is 0 Å². The van der Waals surface area contributed by atoms with Crippen LogP contribution in [0.2, 0.25) is 0 Å². The first kappa shape index (κ1) is 14.7. The molecule has 2 aromatic rings. The van der Waals surface area contributed by atoms with E-state index < -0.39 is 0 Å². The van der Waals surface area contributed by atoms with E-state index in [-0.39, 0.29) is 12.4 Å². The van der Waals surface area contributed by atoms with Crippen molar-refractivity contribution in [2.75, 3.05) is 13.2 Å². The summed E-state index contributed by atoms with van der Waals surface area (Å²) in [5, 5.41) is 0. The van der Waals surface area contributed by atoms with Crippen LogP contribution >= 0.6 is 15.9 Å². The van der Waals surface area contributed by atoms with E-state index in [1.54, 1.807) is 0 Å². The normalized spacial score (nSPS) is 22.1. The predicted molar refractivity (Wildman–Crippen MR) is 83.8 cm³/mol. The number of ether oxygens (including phenoxy) is 3. The summed E-state index contributed by atoms with van der Waals surface area (Å²) in [6.45, 7) is 1.66. The largest absolute Gasteiger partial charge is 0.369 e. The summed E-state index contributed by atoms with van der Waals surface area (Å²) in [7, 11) is 0. The van der Waals surface area contributed by atoms with Gasteiger partial charge in [-0.15, -0.1) is 0 Å². The standard InChI is InChI=1S/C17H17BrO3/c18-15-8-4-5-13(9-15)10-19-16-11-20-17(21-12-16)14-6-2-1-3-7-14/h1-9,16-17H,10-12H2. The molecule has 0 radical (unpaired) electrons. The smallest absolute Gasteiger partial charge is 0.184 e. The fraction of sp³-hybridized carbons (Fsp3) is 0.294. The maximum absolute atomic E-state index is 5.84. The van der Waals surface area contributed by atoms with Gasteiger partial charge in [-0.05, 0) is 17.7 Å². The summed E-state index contributed by atoms with van der Waals surface area (Å²) in [5.41, 5.74) is 2.18. The SMILES string of the molecule is Brc1cccc(COC2COC(c3ccccc3)OC2)c1. The molecule has 3 nitrogen and oxygen atoms in total. The molecule has 0 spiro atoms. The topological polar surface area (TPSA) is 27.7 Å². The van der Waals surface area contributed by atoms with E-state index in [4.69, 9.17) is 14.2 Å². The molecule has 1 saturated heterocycles. The van der Waals surface area contributed by atoms with Gasteiger partial charge in [0.25, 0.3) is 0 Å². The molecule has 1 heterocycles. The van der Waals surface area contributed by atoms with Crippen LogP contribution in [0.1, 0.15) is 17.4 Å². The van der Waals surface area contributed by atoms with Crippen molar-refractivity contribution < 1.29 is 14.2 Å². The molecule has 0 saturated carbocycles. The highest BCUT2D eigenvalue weighted by Crippen LogP contribution is 2.24. The molecule has 0 atom stereocenters. The van der Waals surface area contributed by atoms with Crippen molar-refractivity contribution in [3.05, 3.63) is 70.2 Å². The zero-order valence-corrected chi connectivity index (χ0v) is 13.2. The molecule has 0 amide bonds. The molecule has 0 N–H and O–H groups in total. The van der Waals surface area contributed by atoms with E-state index in [2.05, 4.69) is 22.0 Å². The molecule has 0 aromatic heterocycles. The monoisotopic (exact) mass is 348 g/mol. The van der Waals surface area contributed by atoms with Gasteiger partial charge in [-0.25, -0.2) is 0 Å². The van der Waals surface area contributed by atoms with Gasteiger partial charge in [0.1, 0.15) is 6.10 Å². The highest BCUT2D eigenvalue weighted by Gasteiger charge is 2.23. The fourth-order valence-corrected chi connectivity index (χ4v) is 2.67. The molecule has 110 valence electrons. The molecule has 21 heavy (non-hydrogen) atoms. The minimum absolute atomic E-state index is 0.0241. The van der Waals surface area contributed by atoms with Crippen LogP contribution in [0.4, 0.5) is 0 Å². The zero-order chi connectivity index (χ0) is 14.5. The Morgan fingerprint density at radius 3 is 2.48 bits per heavy atom. The molecule has 3 rings (SSSR count). The van der Waals surface area contributed by atoms with Crippen molar-refractivity contribution in [2.45, 2.75) is 19.0 Å². The molecule has 1 aliphatic rings. The van der Waals surface area contributed by atoms with Crippen molar-refractivity contribution in [3.8, 4) is 0 Å². The van der Waals surface area contributed by atoms with Gasteiger partial charge in [0.15, 0.2) is 6.29 Å². The number of benzene rings is 2. The van der Waals surface area contributed by atoms with Crippen LogP contribution in [-0.2, 0) is 20.8 Å². The van der Waals surface area contributed by atoms with Gasteiger partial charge in [0.2, 0.25) is 0 Å². The Morgan fingerprint density at radius 2 is 1.76 bits per heavy atom. The Morgan fingerprint density at radius 1 is 1.00 bits per heavy atom. The molecular weight excluding hydrogens is 332 g/mol. The van der Waals surface area contributed by atoms with E-state index in [9.17, 15) is 0 Å². The maximum atomic E-state index is 5.84. The first-order chi connectivity index (χ1) is 10.3.